The molecule has 1 aromatic carbocycles. The average Bonchev–Trinajstić information content (AvgIpc) is 3.09. The van der Waals surface area contributed by atoms with Crippen LogP contribution in [0.15, 0.2) is 23.2 Å². The molecule has 1 aliphatic rings. The van der Waals surface area contributed by atoms with Crippen molar-refractivity contribution in [2.45, 2.75) is 32.7 Å². The number of carbonyl (C=O) groups excluding carboxylic acids is 2. The van der Waals surface area contributed by atoms with Crippen LogP contribution >= 0.6 is 11.3 Å². The Morgan fingerprint density at radius 3 is 2.59 bits per heavy atom. The first-order chi connectivity index (χ1) is 15.3. The van der Waals surface area contributed by atoms with E-state index in [1.807, 2.05) is 29.7 Å². The van der Waals surface area contributed by atoms with Crippen molar-refractivity contribution in [1.29, 1.82) is 0 Å². The van der Waals surface area contributed by atoms with Crippen molar-refractivity contribution in [1.82, 2.24) is 9.47 Å². The maximum absolute atomic E-state index is 12.5. The number of piperidine rings is 1. The summed E-state index contributed by atoms with van der Waals surface area (Å²) in [6, 6.07) is 5.53. The Hall–Kier alpha value is -2.24. The molecule has 0 aliphatic carbocycles. The van der Waals surface area contributed by atoms with Gasteiger partial charge in [-0.2, -0.15) is 4.99 Å². The van der Waals surface area contributed by atoms with Crippen LogP contribution in [0.1, 0.15) is 26.2 Å². The second-order valence-corrected chi connectivity index (χ2v) is 10.6. The Labute approximate surface area is 191 Å². The maximum atomic E-state index is 12.5. The molecule has 0 saturated carbocycles. The number of benzene rings is 1. The second-order valence-electron chi connectivity index (χ2n) is 7.55. The third-order valence-corrected chi connectivity index (χ3v) is 7.58. The molecule has 1 fully saturated rings. The first-order valence-corrected chi connectivity index (χ1v) is 13.3. The van der Waals surface area contributed by atoms with Gasteiger partial charge in [0.1, 0.15) is 17.3 Å². The Kier molecular flexibility index (Phi) is 8.44. The van der Waals surface area contributed by atoms with Crippen LogP contribution in [0.25, 0.3) is 10.2 Å². The Balaban J connectivity index is 1.80. The number of sulfone groups is 1. The molecule has 1 aromatic heterocycles. The van der Waals surface area contributed by atoms with Crippen molar-refractivity contribution in [3.8, 4) is 5.75 Å². The number of fused-ring (bicyclic) bond motifs is 1. The molecule has 176 valence electrons. The molecule has 2 heterocycles. The molecule has 32 heavy (non-hydrogen) atoms. The van der Waals surface area contributed by atoms with Gasteiger partial charge >= 0.3 is 0 Å². The number of aromatic nitrogens is 1. The highest BCUT2D eigenvalue weighted by Crippen LogP contribution is 2.23. The summed E-state index contributed by atoms with van der Waals surface area (Å²) in [7, 11) is -2.34. The van der Waals surface area contributed by atoms with Crippen LogP contribution in [0.4, 0.5) is 0 Å². The molecule has 0 N–H and O–H groups in total. The molecule has 0 spiro atoms. The fourth-order valence-corrected chi connectivity index (χ4v) is 5.79. The topological polar surface area (TPSA) is 107 Å². The number of nitrogens with zero attached hydrogens (tertiary/aromatic N) is 3. The number of carbonyl (C=O) groups is 2. The molecular weight excluding hydrogens is 454 g/mol. The molecule has 3 rings (SSSR count). The quantitative estimate of drug-likeness (QED) is 0.502. The lowest BCUT2D eigenvalue weighted by atomic mass is 10.1. The average molecular weight is 484 g/mol. The van der Waals surface area contributed by atoms with E-state index in [2.05, 4.69) is 4.99 Å². The van der Waals surface area contributed by atoms with Crippen LogP contribution in [0.3, 0.4) is 0 Å². The van der Waals surface area contributed by atoms with Gasteiger partial charge in [0.05, 0.1) is 23.9 Å². The van der Waals surface area contributed by atoms with E-state index in [1.165, 1.54) is 11.3 Å². The lowest BCUT2D eigenvalue weighted by Gasteiger charge is -2.26. The van der Waals surface area contributed by atoms with Gasteiger partial charge in [0.25, 0.3) is 5.91 Å². The van der Waals surface area contributed by atoms with Crippen molar-refractivity contribution >= 4 is 43.2 Å². The van der Waals surface area contributed by atoms with E-state index in [9.17, 15) is 18.0 Å². The molecule has 0 bridgehead atoms. The zero-order valence-corrected chi connectivity index (χ0v) is 20.0. The predicted molar refractivity (Wildman–Crippen MR) is 123 cm³/mol. The Bertz CT molecular complexity index is 1130. The van der Waals surface area contributed by atoms with Crippen LogP contribution in [0.2, 0.25) is 0 Å². The molecule has 2 aromatic rings. The van der Waals surface area contributed by atoms with Gasteiger partial charge in [-0.25, -0.2) is 8.42 Å². The van der Waals surface area contributed by atoms with Gasteiger partial charge in [-0.15, -0.1) is 0 Å². The van der Waals surface area contributed by atoms with E-state index < -0.39 is 33.2 Å². The summed E-state index contributed by atoms with van der Waals surface area (Å²) in [4.78, 5) is 30.9. The summed E-state index contributed by atoms with van der Waals surface area (Å²) in [6.45, 7) is 4.48. The summed E-state index contributed by atoms with van der Waals surface area (Å²) < 4.78 is 38.3. The number of amides is 2. The zero-order chi connectivity index (χ0) is 23.1. The van der Waals surface area contributed by atoms with Crippen LogP contribution in [0, 0.1) is 0 Å². The van der Waals surface area contributed by atoms with Gasteiger partial charge in [0.2, 0.25) is 5.91 Å². The van der Waals surface area contributed by atoms with E-state index >= 15 is 0 Å². The van der Waals surface area contributed by atoms with E-state index in [0.29, 0.717) is 43.4 Å². The zero-order valence-electron chi connectivity index (χ0n) is 18.4. The molecule has 11 heteroatoms. The molecule has 0 atom stereocenters. The van der Waals surface area contributed by atoms with E-state index in [-0.39, 0.29) is 0 Å². The highest BCUT2D eigenvalue weighted by atomic mass is 32.2. The summed E-state index contributed by atoms with van der Waals surface area (Å²) in [5, 5.41) is 0. The number of hydrogen-bond acceptors (Lipinski definition) is 7. The second kappa shape index (κ2) is 11.1. The molecular formula is C21H29N3O6S2. The monoisotopic (exact) mass is 483 g/mol. The fraction of sp³-hybridized carbons (Fsp3) is 0.571. The summed E-state index contributed by atoms with van der Waals surface area (Å²) in [5.41, 5.74) is 0.852. The molecule has 0 radical (unpaired) electrons. The highest BCUT2D eigenvalue weighted by molar-refractivity contribution is 7.92. The van der Waals surface area contributed by atoms with E-state index in [1.54, 1.807) is 12.0 Å². The lowest BCUT2D eigenvalue weighted by molar-refractivity contribution is -0.129. The van der Waals surface area contributed by atoms with Crippen LogP contribution in [-0.4, -0.2) is 74.6 Å². The van der Waals surface area contributed by atoms with Gasteiger partial charge in [0, 0.05) is 26.2 Å². The first kappa shape index (κ1) is 24.4. The Morgan fingerprint density at radius 1 is 1.16 bits per heavy atom. The van der Waals surface area contributed by atoms with Gasteiger partial charge in [0.15, 0.2) is 14.6 Å². The minimum Gasteiger partial charge on any atom is -0.497 e. The van der Waals surface area contributed by atoms with Crippen molar-refractivity contribution in [3.05, 3.63) is 23.0 Å². The van der Waals surface area contributed by atoms with Gasteiger partial charge < -0.3 is 18.9 Å². The first-order valence-electron chi connectivity index (χ1n) is 10.6. The molecule has 1 aliphatic heterocycles. The molecule has 1 saturated heterocycles. The molecule has 0 unspecified atom stereocenters. The minimum absolute atomic E-state index is 0.385. The summed E-state index contributed by atoms with van der Waals surface area (Å²) in [5.74, 6) is -2.02. The standard InChI is InChI=1S/C21H29N3O6S2/c1-3-30-12-11-24-17-8-7-16(29-2)13-18(17)31-21(24)22-19(25)14-32(27,28)15-20(26)23-9-5-4-6-10-23/h7-8,13H,3-6,9-12,14-15H2,1-2H3. The van der Waals surface area contributed by atoms with E-state index in [0.717, 1.165) is 29.5 Å². The summed E-state index contributed by atoms with van der Waals surface area (Å²) in [6.07, 6.45) is 2.79. The number of ether oxygens (including phenoxy) is 2. The minimum atomic E-state index is -3.91. The third-order valence-electron chi connectivity index (χ3n) is 5.17. The van der Waals surface area contributed by atoms with Crippen molar-refractivity contribution < 1.29 is 27.5 Å². The van der Waals surface area contributed by atoms with Gasteiger partial charge in [-0.1, -0.05) is 11.3 Å². The van der Waals surface area contributed by atoms with Gasteiger partial charge in [-0.05, 0) is 44.4 Å². The van der Waals surface area contributed by atoms with Crippen molar-refractivity contribution in [2.24, 2.45) is 4.99 Å². The Morgan fingerprint density at radius 2 is 1.91 bits per heavy atom. The van der Waals surface area contributed by atoms with Gasteiger partial charge in [-0.3, -0.25) is 9.59 Å². The third kappa shape index (κ3) is 6.39. The largest absolute Gasteiger partial charge is 0.497 e. The normalized spacial score (nSPS) is 15.3. The number of rotatable bonds is 9. The summed E-state index contributed by atoms with van der Waals surface area (Å²) >= 11 is 1.27. The fourth-order valence-electron chi connectivity index (χ4n) is 3.58. The number of likely N-dealkylation sites (tertiary alicyclic amines) is 1. The van der Waals surface area contributed by atoms with Crippen LogP contribution < -0.4 is 9.54 Å². The molecule has 9 nitrogen and oxygen atoms in total. The smallest absolute Gasteiger partial charge is 0.263 e. The lowest BCUT2D eigenvalue weighted by Crippen LogP contribution is -2.40. The number of methoxy groups -OCH3 is 1. The van der Waals surface area contributed by atoms with Crippen LogP contribution in [-0.2, 0) is 30.7 Å². The van der Waals surface area contributed by atoms with Crippen molar-refractivity contribution in [2.75, 3.05) is 44.9 Å². The maximum Gasteiger partial charge on any atom is 0.263 e. The predicted octanol–water partition coefficient (Wildman–Crippen LogP) is 1.60. The number of hydrogen-bond donors (Lipinski definition) is 0. The van der Waals surface area contributed by atoms with E-state index in [4.69, 9.17) is 9.47 Å². The van der Waals surface area contributed by atoms with Crippen molar-refractivity contribution in [3.63, 3.8) is 0 Å². The number of thiazole rings is 1. The SMILES string of the molecule is CCOCCn1c(=NC(=O)CS(=O)(=O)CC(=O)N2CCCCC2)sc2cc(OC)ccc21. The highest BCUT2D eigenvalue weighted by Gasteiger charge is 2.25. The van der Waals surface area contributed by atoms with Crippen LogP contribution in [0.5, 0.6) is 5.75 Å². The molecule has 2 amide bonds.